The van der Waals surface area contributed by atoms with Crippen molar-refractivity contribution in [2.45, 2.75) is 0 Å². The summed E-state index contributed by atoms with van der Waals surface area (Å²) in [7, 11) is 0. The lowest BCUT2D eigenvalue weighted by molar-refractivity contribution is -0.117. The number of amides is 1. The van der Waals surface area contributed by atoms with Gasteiger partial charge in [0.15, 0.2) is 11.6 Å². The molecule has 1 fully saturated rings. The van der Waals surface area contributed by atoms with Crippen molar-refractivity contribution in [2.75, 3.05) is 42.9 Å². The molecule has 0 aliphatic carbocycles. The summed E-state index contributed by atoms with van der Waals surface area (Å²) >= 11 is 6.98. The average Bonchev–Trinajstić information content (AvgIpc) is 3.01. The molecule has 0 saturated carbocycles. The van der Waals surface area contributed by atoms with E-state index in [0.717, 1.165) is 0 Å². The van der Waals surface area contributed by atoms with Crippen LogP contribution in [0.25, 0.3) is 0 Å². The monoisotopic (exact) mass is 356 g/mol. The van der Waals surface area contributed by atoms with E-state index >= 15 is 0 Å². The maximum absolute atomic E-state index is 13.9. The van der Waals surface area contributed by atoms with Crippen molar-refractivity contribution in [1.29, 1.82) is 0 Å². The van der Waals surface area contributed by atoms with Crippen LogP contribution < -0.4 is 10.2 Å². The smallest absolute Gasteiger partial charge is 0.240 e. The number of hydrogen-bond acceptors (Lipinski definition) is 7. The molecule has 1 amide bonds. The SMILES string of the molecule is O=C(CN1CCN(c2ncc(Cl)cc2F)CC1)Nc1nncs1. The standard InChI is InChI=1S/C13H14ClFN6OS/c14-9-5-10(15)12(16-6-9)21-3-1-20(2-4-21)7-11(22)18-13-19-17-8-23-13/h5-6,8H,1-4,7H2,(H,18,19,22). The first-order chi connectivity index (χ1) is 11.1. The van der Waals surface area contributed by atoms with E-state index in [1.165, 1.54) is 23.6 Å². The fourth-order valence-corrected chi connectivity index (χ4v) is 2.95. The van der Waals surface area contributed by atoms with Crippen molar-refractivity contribution in [3.63, 3.8) is 0 Å². The quantitative estimate of drug-likeness (QED) is 0.894. The van der Waals surface area contributed by atoms with Gasteiger partial charge in [0.05, 0.1) is 11.6 Å². The Morgan fingerprint density at radius 2 is 2.17 bits per heavy atom. The summed E-state index contributed by atoms with van der Waals surface area (Å²) < 4.78 is 13.9. The van der Waals surface area contributed by atoms with E-state index in [0.29, 0.717) is 37.1 Å². The van der Waals surface area contributed by atoms with Gasteiger partial charge in [-0.3, -0.25) is 15.0 Å². The Labute approximate surface area is 141 Å². The predicted molar refractivity (Wildman–Crippen MR) is 86.4 cm³/mol. The van der Waals surface area contributed by atoms with Crippen molar-refractivity contribution < 1.29 is 9.18 Å². The Hall–Kier alpha value is -1.84. The van der Waals surface area contributed by atoms with Crippen LogP contribution in [-0.4, -0.2) is 58.7 Å². The lowest BCUT2D eigenvalue weighted by Crippen LogP contribution is -2.49. The fourth-order valence-electron chi connectivity index (χ4n) is 2.35. The zero-order valence-corrected chi connectivity index (χ0v) is 13.6. The molecule has 3 rings (SSSR count). The number of hydrogen-bond donors (Lipinski definition) is 1. The summed E-state index contributed by atoms with van der Waals surface area (Å²) in [5, 5.41) is 10.9. The molecule has 1 aliphatic rings. The molecule has 1 aliphatic heterocycles. The summed E-state index contributed by atoms with van der Waals surface area (Å²) in [5.41, 5.74) is 1.56. The van der Waals surface area contributed by atoms with Gasteiger partial charge in [-0.1, -0.05) is 22.9 Å². The van der Waals surface area contributed by atoms with Gasteiger partial charge < -0.3 is 4.90 Å². The van der Waals surface area contributed by atoms with Crippen LogP contribution in [0.1, 0.15) is 0 Å². The Morgan fingerprint density at radius 3 is 2.83 bits per heavy atom. The molecule has 0 bridgehead atoms. The molecule has 122 valence electrons. The van der Waals surface area contributed by atoms with Gasteiger partial charge in [-0.25, -0.2) is 9.37 Å². The fraction of sp³-hybridized carbons (Fsp3) is 0.385. The van der Waals surface area contributed by atoms with E-state index in [1.54, 1.807) is 5.51 Å². The van der Waals surface area contributed by atoms with Gasteiger partial charge in [0.2, 0.25) is 11.0 Å². The highest BCUT2D eigenvalue weighted by Gasteiger charge is 2.22. The van der Waals surface area contributed by atoms with E-state index < -0.39 is 5.82 Å². The van der Waals surface area contributed by atoms with Gasteiger partial charge in [0.25, 0.3) is 0 Å². The average molecular weight is 357 g/mol. The third-order valence-electron chi connectivity index (χ3n) is 3.43. The van der Waals surface area contributed by atoms with E-state index in [9.17, 15) is 9.18 Å². The molecule has 0 radical (unpaired) electrons. The maximum Gasteiger partial charge on any atom is 0.240 e. The van der Waals surface area contributed by atoms with Crippen molar-refractivity contribution >= 4 is 39.8 Å². The Morgan fingerprint density at radius 1 is 1.39 bits per heavy atom. The van der Waals surface area contributed by atoms with Crippen LogP contribution in [0, 0.1) is 5.82 Å². The highest BCUT2D eigenvalue weighted by Crippen LogP contribution is 2.20. The molecule has 0 atom stereocenters. The molecular weight excluding hydrogens is 343 g/mol. The minimum Gasteiger partial charge on any atom is -0.352 e. The second-order valence-corrected chi connectivity index (χ2v) is 6.28. The van der Waals surface area contributed by atoms with E-state index in [-0.39, 0.29) is 17.5 Å². The van der Waals surface area contributed by atoms with Gasteiger partial charge in [0.1, 0.15) is 5.51 Å². The van der Waals surface area contributed by atoms with Crippen LogP contribution in [0.5, 0.6) is 0 Å². The summed E-state index contributed by atoms with van der Waals surface area (Å²) in [6.07, 6.45) is 1.43. The van der Waals surface area contributed by atoms with Crippen LogP contribution in [0.2, 0.25) is 5.02 Å². The van der Waals surface area contributed by atoms with E-state index in [4.69, 9.17) is 11.6 Å². The number of carbonyl (C=O) groups is 1. The van der Waals surface area contributed by atoms with E-state index in [2.05, 4.69) is 20.5 Å². The molecule has 0 aromatic carbocycles. The number of nitrogens with zero attached hydrogens (tertiary/aromatic N) is 5. The number of anilines is 2. The summed E-state index contributed by atoms with van der Waals surface area (Å²) in [6, 6.07) is 1.26. The number of piperazine rings is 1. The molecule has 10 heteroatoms. The topological polar surface area (TPSA) is 74.2 Å². The Bertz CT molecular complexity index is 677. The molecular formula is C13H14ClFN6OS. The number of rotatable bonds is 4. The summed E-state index contributed by atoms with van der Waals surface area (Å²) in [4.78, 5) is 19.8. The first-order valence-electron chi connectivity index (χ1n) is 6.96. The number of aromatic nitrogens is 3. The maximum atomic E-state index is 13.9. The third-order valence-corrected chi connectivity index (χ3v) is 4.25. The van der Waals surface area contributed by atoms with Crippen LogP contribution in [0.4, 0.5) is 15.3 Å². The highest BCUT2D eigenvalue weighted by molar-refractivity contribution is 7.13. The zero-order valence-electron chi connectivity index (χ0n) is 12.1. The van der Waals surface area contributed by atoms with Crippen LogP contribution in [0.3, 0.4) is 0 Å². The lowest BCUT2D eigenvalue weighted by Gasteiger charge is -2.35. The van der Waals surface area contributed by atoms with Crippen LogP contribution >= 0.6 is 22.9 Å². The molecule has 1 saturated heterocycles. The molecule has 7 nitrogen and oxygen atoms in total. The number of nitrogens with one attached hydrogen (secondary N) is 1. The second-order valence-electron chi connectivity index (χ2n) is 5.01. The first kappa shape index (κ1) is 16.0. The minimum atomic E-state index is -0.431. The highest BCUT2D eigenvalue weighted by atomic mass is 35.5. The Kier molecular flexibility index (Phi) is 4.99. The van der Waals surface area contributed by atoms with Gasteiger partial charge in [-0.2, -0.15) is 0 Å². The first-order valence-corrected chi connectivity index (χ1v) is 8.22. The van der Waals surface area contributed by atoms with Gasteiger partial charge in [-0.05, 0) is 6.07 Å². The summed E-state index contributed by atoms with van der Waals surface area (Å²) in [5.74, 6) is -0.265. The minimum absolute atomic E-state index is 0.133. The second kappa shape index (κ2) is 7.16. The molecule has 1 N–H and O–H groups in total. The van der Waals surface area contributed by atoms with Gasteiger partial charge in [-0.15, -0.1) is 10.2 Å². The summed E-state index contributed by atoms with van der Waals surface area (Å²) in [6.45, 7) is 2.75. The molecule has 3 heterocycles. The Balaban J connectivity index is 1.51. The largest absolute Gasteiger partial charge is 0.352 e. The third kappa shape index (κ3) is 4.12. The number of carbonyl (C=O) groups excluding carboxylic acids is 1. The number of pyridine rings is 1. The predicted octanol–water partition coefficient (Wildman–Crippen LogP) is 1.49. The molecule has 0 unspecified atom stereocenters. The number of halogens is 2. The van der Waals surface area contributed by atoms with Crippen molar-refractivity contribution in [3.05, 3.63) is 28.6 Å². The van der Waals surface area contributed by atoms with Crippen molar-refractivity contribution in [1.82, 2.24) is 20.1 Å². The lowest BCUT2D eigenvalue weighted by atomic mass is 10.3. The van der Waals surface area contributed by atoms with Gasteiger partial charge in [0, 0.05) is 32.4 Å². The molecule has 0 spiro atoms. The van der Waals surface area contributed by atoms with Gasteiger partial charge >= 0.3 is 0 Å². The zero-order chi connectivity index (χ0) is 16.2. The van der Waals surface area contributed by atoms with Crippen LogP contribution in [-0.2, 0) is 4.79 Å². The molecule has 2 aromatic heterocycles. The molecule has 2 aromatic rings. The normalized spacial score (nSPS) is 15.7. The molecule has 23 heavy (non-hydrogen) atoms. The van der Waals surface area contributed by atoms with Crippen molar-refractivity contribution in [2.24, 2.45) is 0 Å². The van der Waals surface area contributed by atoms with E-state index in [1.807, 2.05) is 9.80 Å². The van der Waals surface area contributed by atoms with Crippen LogP contribution in [0.15, 0.2) is 17.8 Å². The van der Waals surface area contributed by atoms with Crippen molar-refractivity contribution in [3.8, 4) is 0 Å².